The van der Waals surface area contributed by atoms with Crippen molar-refractivity contribution in [1.82, 2.24) is 0 Å². The lowest BCUT2D eigenvalue weighted by Gasteiger charge is -2.25. The first kappa shape index (κ1) is 15.9. The van der Waals surface area contributed by atoms with E-state index in [2.05, 4.69) is 15.9 Å². The lowest BCUT2D eigenvalue weighted by molar-refractivity contribution is 0.0571. The maximum absolute atomic E-state index is 10.8. The Labute approximate surface area is 133 Å². The molecule has 2 rings (SSSR count). The zero-order chi connectivity index (χ0) is 15.5. The van der Waals surface area contributed by atoms with Gasteiger partial charge in [-0.05, 0) is 42.3 Å². The first-order valence-electron chi connectivity index (χ1n) is 6.65. The Bertz CT molecular complexity index is 584. The largest absolute Gasteiger partial charge is 0.497 e. The lowest BCUT2D eigenvalue weighted by Crippen LogP contribution is -2.24. The van der Waals surface area contributed by atoms with Crippen LogP contribution in [0, 0.1) is 0 Å². The molecule has 0 bridgehead atoms. The number of benzene rings is 2. The van der Waals surface area contributed by atoms with Crippen LogP contribution in [0.15, 0.2) is 46.9 Å². The van der Waals surface area contributed by atoms with Gasteiger partial charge in [-0.2, -0.15) is 0 Å². The van der Waals surface area contributed by atoms with E-state index >= 15 is 0 Å². The topological polar surface area (TPSA) is 38.7 Å². The molecule has 21 heavy (non-hydrogen) atoms. The van der Waals surface area contributed by atoms with Gasteiger partial charge in [0.25, 0.3) is 0 Å². The second-order valence-electron chi connectivity index (χ2n) is 5.18. The van der Waals surface area contributed by atoms with Crippen molar-refractivity contribution in [2.45, 2.75) is 18.9 Å². The molecule has 1 N–H and O–H groups in total. The standard InChI is InChI=1S/C17H19BrO3/c1-17(19,11-12-4-6-14(18)7-5-12)13-8-15(20-2)10-16(9-13)21-3/h4-10,19H,11H2,1-3H3. The molecule has 2 aromatic rings. The molecule has 0 amide bonds. The number of hydrogen-bond acceptors (Lipinski definition) is 3. The minimum Gasteiger partial charge on any atom is -0.497 e. The Morgan fingerprint density at radius 3 is 2.00 bits per heavy atom. The second-order valence-corrected chi connectivity index (χ2v) is 6.09. The van der Waals surface area contributed by atoms with Crippen LogP contribution in [0.2, 0.25) is 0 Å². The van der Waals surface area contributed by atoms with Crippen molar-refractivity contribution >= 4 is 15.9 Å². The van der Waals surface area contributed by atoms with Crippen molar-refractivity contribution in [2.75, 3.05) is 14.2 Å². The number of hydrogen-bond donors (Lipinski definition) is 1. The van der Waals surface area contributed by atoms with Gasteiger partial charge in [0, 0.05) is 17.0 Å². The fourth-order valence-electron chi connectivity index (χ4n) is 2.22. The number of aliphatic hydroxyl groups is 1. The van der Waals surface area contributed by atoms with Gasteiger partial charge in [-0.15, -0.1) is 0 Å². The third-order valence-corrected chi connectivity index (χ3v) is 3.96. The number of methoxy groups -OCH3 is 2. The van der Waals surface area contributed by atoms with Gasteiger partial charge in [-0.25, -0.2) is 0 Å². The molecule has 2 aromatic carbocycles. The predicted octanol–water partition coefficient (Wildman–Crippen LogP) is 3.92. The monoisotopic (exact) mass is 350 g/mol. The summed E-state index contributed by atoms with van der Waals surface area (Å²) < 4.78 is 11.5. The molecule has 0 aliphatic carbocycles. The first-order valence-corrected chi connectivity index (χ1v) is 7.44. The summed E-state index contributed by atoms with van der Waals surface area (Å²) in [6.45, 7) is 1.79. The van der Waals surface area contributed by atoms with Gasteiger partial charge >= 0.3 is 0 Å². The zero-order valence-electron chi connectivity index (χ0n) is 12.4. The van der Waals surface area contributed by atoms with Gasteiger partial charge in [-0.1, -0.05) is 28.1 Å². The maximum Gasteiger partial charge on any atom is 0.122 e. The fraction of sp³-hybridized carbons (Fsp3) is 0.294. The van der Waals surface area contributed by atoms with Crippen LogP contribution < -0.4 is 9.47 Å². The summed E-state index contributed by atoms with van der Waals surface area (Å²) in [5.74, 6) is 1.33. The quantitative estimate of drug-likeness (QED) is 0.888. The smallest absolute Gasteiger partial charge is 0.122 e. The highest BCUT2D eigenvalue weighted by atomic mass is 79.9. The SMILES string of the molecule is COc1cc(OC)cc(C(C)(O)Cc2ccc(Br)cc2)c1. The second kappa shape index (κ2) is 6.50. The predicted molar refractivity (Wildman–Crippen MR) is 87.0 cm³/mol. The third-order valence-electron chi connectivity index (χ3n) is 3.43. The fourth-order valence-corrected chi connectivity index (χ4v) is 2.48. The van der Waals surface area contributed by atoms with Crippen LogP contribution in [0.4, 0.5) is 0 Å². The summed E-state index contributed by atoms with van der Waals surface area (Å²) in [6.07, 6.45) is 0.511. The van der Waals surface area contributed by atoms with Gasteiger partial charge < -0.3 is 14.6 Å². The number of rotatable bonds is 5. The Hall–Kier alpha value is -1.52. The summed E-state index contributed by atoms with van der Waals surface area (Å²) in [6, 6.07) is 13.4. The van der Waals surface area contributed by atoms with Gasteiger partial charge in [0.05, 0.1) is 19.8 Å². The highest BCUT2D eigenvalue weighted by Crippen LogP contribution is 2.32. The van der Waals surface area contributed by atoms with Gasteiger partial charge in [-0.3, -0.25) is 0 Å². The first-order chi connectivity index (χ1) is 9.94. The third kappa shape index (κ3) is 3.99. The summed E-state index contributed by atoms with van der Waals surface area (Å²) in [4.78, 5) is 0. The molecule has 1 unspecified atom stereocenters. The van der Waals surface area contributed by atoms with E-state index in [1.54, 1.807) is 27.2 Å². The van der Waals surface area contributed by atoms with Crippen LogP contribution >= 0.6 is 15.9 Å². The zero-order valence-corrected chi connectivity index (χ0v) is 14.0. The molecule has 0 saturated carbocycles. The Morgan fingerprint density at radius 2 is 1.52 bits per heavy atom. The van der Waals surface area contributed by atoms with Crippen molar-refractivity contribution in [2.24, 2.45) is 0 Å². The molecule has 112 valence electrons. The highest BCUT2D eigenvalue weighted by Gasteiger charge is 2.25. The molecule has 0 fully saturated rings. The van der Waals surface area contributed by atoms with E-state index in [1.807, 2.05) is 36.4 Å². The Morgan fingerprint density at radius 1 is 1.00 bits per heavy atom. The molecule has 0 aromatic heterocycles. The number of halogens is 1. The van der Waals surface area contributed by atoms with E-state index in [0.717, 1.165) is 15.6 Å². The van der Waals surface area contributed by atoms with Crippen LogP contribution in [0.1, 0.15) is 18.1 Å². The van der Waals surface area contributed by atoms with Crippen molar-refractivity contribution in [3.8, 4) is 11.5 Å². The van der Waals surface area contributed by atoms with Gasteiger partial charge in [0.2, 0.25) is 0 Å². The summed E-state index contributed by atoms with van der Waals surface area (Å²) >= 11 is 3.41. The van der Waals surface area contributed by atoms with Gasteiger partial charge in [0.1, 0.15) is 11.5 Å². The van der Waals surface area contributed by atoms with Crippen molar-refractivity contribution in [3.05, 3.63) is 58.1 Å². The summed E-state index contributed by atoms with van der Waals surface area (Å²) in [5.41, 5.74) is 0.821. The molecule has 0 saturated heterocycles. The maximum atomic E-state index is 10.8. The number of ether oxygens (including phenoxy) is 2. The molecule has 0 radical (unpaired) electrons. The summed E-state index contributed by atoms with van der Waals surface area (Å²) in [7, 11) is 3.20. The summed E-state index contributed by atoms with van der Waals surface area (Å²) in [5, 5.41) is 10.8. The Balaban J connectivity index is 2.31. The minimum absolute atomic E-state index is 0.511. The molecule has 0 aliphatic rings. The van der Waals surface area contributed by atoms with E-state index in [-0.39, 0.29) is 0 Å². The van der Waals surface area contributed by atoms with E-state index in [9.17, 15) is 5.11 Å². The van der Waals surface area contributed by atoms with Crippen molar-refractivity contribution in [3.63, 3.8) is 0 Å². The molecule has 0 spiro atoms. The van der Waals surface area contributed by atoms with E-state index in [1.165, 1.54) is 0 Å². The lowest BCUT2D eigenvalue weighted by atomic mass is 9.89. The molecule has 0 heterocycles. The minimum atomic E-state index is -1.00. The average Bonchev–Trinajstić information content (AvgIpc) is 2.48. The molecule has 1 atom stereocenters. The van der Waals surface area contributed by atoms with Gasteiger partial charge in [0.15, 0.2) is 0 Å². The van der Waals surface area contributed by atoms with Crippen LogP contribution in [-0.4, -0.2) is 19.3 Å². The molecule has 0 aliphatic heterocycles. The molecule has 3 nitrogen and oxygen atoms in total. The van der Waals surface area contributed by atoms with E-state index < -0.39 is 5.60 Å². The van der Waals surface area contributed by atoms with Crippen LogP contribution in [-0.2, 0) is 12.0 Å². The van der Waals surface area contributed by atoms with E-state index in [0.29, 0.717) is 17.9 Å². The van der Waals surface area contributed by atoms with Crippen LogP contribution in [0.5, 0.6) is 11.5 Å². The molecular formula is C17H19BrO3. The normalized spacial score (nSPS) is 13.6. The Kier molecular flexibility index (Phi) is 4.91. The van der Waals surface area contributed by atoms with Crippen molar-refractivity contribution in [1.29, 1.82) is 0 Å². The van der Waals surface area contributed by atoms with Crippen LogP contribution in [0.3, 0.4) is 0 Å². The van der Waals surface area contributed by atoms with Crippen molar-refractivity contribution < 1.29 is 14.6 Å². The van der Waals surface area contributed by atoms with E-state index in [4.69, 9.17) is 9.47 Å². The molecular weight excluding hydrogens is 332 g/mol. The highest BCUT2D eigenvalue weighted by molar-refractivity contribution is 9.10. The molecule has 4 heteroatoms. The van der Waals surface area contributed by atoms with Crippen LogP contribution in [0.25, 0.3) is 0 Å². The average molecular weight is 351 g/mol.